The third kappa shape index (κ3) is 2.99. The number of carbonyl (C=O) groups is 1. The molecule has 0 radical (unpaired) electrons. The van der Waals surface area contributed by atoms with Gasteiger partial charge in [-0.1, -0.05) is 5.21 Å². The van der Waals surface area contributed by atoms with Crippen LogP contribution < -0.4 is 5.73 Å². The van der Waals surface area contributed by atoms with Crippen molar-refractivity contribution >= 4 is 5.97 Å². The van der Waals surface area contributed by atoms with Gasteiger partial charge in [0.15, 0.2) is 0 Å². The lowest BCUT2D eigenvalue weighted by Gasteiger charge is -2.22. The lowest BCUT2D eigenvalue weighted by Crippen LogP contribution is -2.24. The molecule has 2 atom stereocenters. The molecule has 0 aromatic carbocycles. The number of rotatable bonds is 5. The van der Waals surface area contributed by atoms with Crippen molar-refractivity contribution in [2.45, 2.75) is 51.8 Å². The number of carbonyl (C=O) groups excluding carboxylic acids is 1. The Kier molecular flexibility index (Phi) is 5.08. The summed E-state index contributed by atoms with van der Waals surface area (Å²) < 4.78 is 12.3. The van der Waals surface area contributed by atoms with Crippen LogP contribution in [0.25, 0.3) is 0 Å². The Hall–Kier alpha value is -1.47. The summed E-state index contributed by atoms with van der Waals surface area (Å²) in [4.78, 5) is 11.8. The first kappa shape index (κ1) is 14.9. The molecular weight excluding hydrogens is 260 g/mol. The number of nitrogens with zero attached hydrogens (tertiary/aromatic N) is 3. The quantitative estimate of drug-likeness (QED) is 0.813. The van der Waals surface area contributed by atoms with Gasteiger partial charge in [-0.05, 0) is 33.1 Å². The van der Waals surface area contributed by atoms with Crippen molar-refractivity contribution in [2.24, 2.45) is 5.73 Å². The predicted molar refractivity (Wildman–Crippen MR) is 71.8 cm³/mol. The maximum Gasteiger partial charge on any atom is 0.330 e. The van der Waals surface area contributed by atoms with Crippen molar-refractivity contribution in [2.75, 3.05) is 13.2 Å². The van der Waals surface area contributed by atoms with E-state index < -0.39 is 6.04 Å². The molecule has 0 bridgehead atoms. The van der Waals surface area contributed by atoms with E-state index in [9.17, 15) is 4.79 Å². The van der Waals surface area contributed by atoms with Crippen LogP contribution in [0.1, 0.15) is 56.6 Å². The minimum Gasteiger partial charge on any atom is -0.464 e. The molecule has 1 fully saturated rings. The van der Waals surface area contributed by atoms with Crippen LogP contribution in [-0.4, -0.2) is 34.2 Å². The molecule has 7 heteroatoms. The summed E-state index contributed by atoms with van der Waals surface area (Å²) in [5.41, 5.74) is 7.31. The second-order valence-corrected chi connectivity index (χ2v) is 4.85. The average Bonchev–Trinajstić information content (AvgIpc) is 2.91. The molecule has 112 valence electrons. The molecule has 1 aromatic heterocycles. The maximum atomic E-state index is 11.8. The molecule has 1 aliphatic rings. The highest BCUT2D eigenvalue weighted by Crippen LogP contribution is 2.29. The van der Waals surface area contributed by atoms with Crippen LogP contribution in [0.3, 0.4) is 0 Å². The Morgan fingerprint density at radius 3 is 3.00 bits per heavy atom. The lowest BCUT2D eigenvalue weighted by atomic mass is 10.0. The van der Waals surface area contributed by atoms with Gasteiger partial charge >= 0.3 is 5.97 Å². The van der Waals surface area contributed by atoms with E-state index in [1.807, 2.05) is 0 Å². The van der Waals surface area contributed by atoms with E-state index in [2.05, 4.69) is 10.3 Å². The highest BCUT2D eigenvalue weighted by Gasteiger charge is 2.27. The molecule has 0 spiro atoms. The maximum absolute atomic E-state index is 11.8. The SMILES string of the molecule is CCOC(=O)C(C)n1nnc(C2CCCCO2)c1CN. The second-order valence-electron chi connectivity index (χ2n) is 4.85. The monoisotopic (exact) mass is 282 g/mol. The predicted octanol–water partition coefficient (Wildman–Crippen LogP) is 1.10. The van der Waals surface area contributed by atoms with Gasteiger partial charge in [-0.15, -0.1) is 5.10 Å². The number of ether oxygens (including phenoxy) is 2. The van der Waals surface area contributed by atoms with Crippen molar-refractivity contribution in [3.05, 3.63) is 11.4 Å². The molecule has 0 saturated carbocycles. The molecule has 2 heterocycles. The van der Waals surface area contributed by atoms with E-state index in [-0.39, 0.29) is 18.6 Å². The number of nitrogens with two attached hydrogens (primary N) is 1. The zero-order chi connectivity index (χ0) is 14.5. The van der Waals surface area contributed by atoms with Crippen LogP contribution in [-0.2, 0) is 20.8 Å². The van der Waals surface area contributed by atoms with Gasteiger partial charge in [0.25, 0.3) is 0 Å². The van der Waals surface area contributed by atoms with Gasteiger partial charge < -0.3 is 15.2 Å². The summed E-state index contributed by atoms with van der Waals surface area (Å²) in [5.74, 6) is -0.330. The molecular formula is C13H22N4O3. The smallest absolute Gasteiger partial charge is 0.330 e. The first-order valence-electron chi connectivity index (χ1n) is 7.11. The summed E-state index contributed by atoms with van der Waals surface area (Å²) in [6.45, 7) is 4.85. The van der Waals surface area contributed by atoms with Crippen LogP contribution in [0.5, 0.6) is 0 Å². The third-order valence-electron chi connectivity index (χ3n) is 3.49. The largest absolute Gasteiger partial charge is 0.464 e. The van der Waals surface area contributed by atoms with Gasteiger partial charge in [0.1, 0.15) is 17.8 Å². The molecule has 1 saturated heterocycles. The zero-order valence-electron chi connectivity index (χ0n) is 12.0. The molecule has 7 nitrogen and oxygen atoms in total. The van der Waals surface area contributed by atoms with Crippen molar-refractivity contribution in [3.63, 3.8) is 0 Å². The van der Waals surface area contributed by atoms with Crippen LogP contribution in [0.2, 0.25) is 0 Å². The van der Waals surface area contributed by atoms with Crippen LogP contribution in [0.15, 0.2) is 0 Å². The topological polar surface area (TPSA) is 92.3 Å². The summed E-state index contributed by atoms with van der Waals surface area (Å²) >= 11 is 0. The third-order valence-corrected chi connectivity index (χ3v) is 3.49. The number of esters is 1. The summed E-state index contributed by atoms with van der Waals surface area (Å²) in [5, 5.41) is 8.25. The Morgan fingerprint density at radius 1 is 1.60 bits per heavy atom. The fraction of sp³-hybridized carbons (Fsp3) is 0.769. The van der Waals surface area contributed by atoms with Crippen molar-refractivity contribution < 1.29 is 14.3 Å². The number of aromatic nitrogens is 3. The van der Waals surface area contributed by atoms with Crippen molar-refractivity contribution in [3.8, 4) is 0 Å². The Balaban J connectivity index is 2.22. The standard InChI is InChI=1S/C13H22N4O3/c1-3-19-13(18)9(2)17-10(8-14)12(15-16-17)11-6-4-5-7-20-11/h9,11H,3-8,14H2,1-2H3. The summed E-state index contributed by atoms with van der Waals surface area (Å²) in [7, 11) is 0. The summed E-state index contributed by atoms with van der Waals surface area (Å²) in [6.07, 6.45) is 3.03. The van der Waals surface area contributed by atoms with Crippen molar-refractivity contribution in [1.29, 1.82) is 0 Å². The molecule has 20 heavy (non-hydrogen) atoms. The molecule has 1 aromatic rings. The highest BCUT2D eigenvalue weighted by atomic mass is 16.5. The highest BCUT2D eigenvalue weighted by molar-refractivity contribution is 5.73. The first-order chi connectivity index (χ1) is 9.69. The van der Waals surface area contributed by atoms with Gasteiger partial charge in [-0.3, -0.25) is 0 Å². The average molecular weight is 282 g/mol. The van der Waals surface area contributed by atoms with Gasteiger partial charge in [-0.25, -0.2) is 9.48 Å². The normalized spacial score (nSPS) is 20.6. The van der Waals surface area contributed by atoms with E-state index in [0.29, 0.717) is 6.61 Å². The Morgan fingerprint density at radius 2 is 2.40 bits per heavy atom. The van der Waals surface area contributed by atoms with Crippen molar-refractivity contribution in [1.82, 2.24) is 15.0 Å². The second kappa shape index (κ2) is 6.81. The van der Waals surface area contributed by atoms with E-state index >= 15 is 0 Å². The fourth-order valence-electron chi connectivity index (χ4n) is 2.40. The van der Waals surface area contributed by atoms with Crippen LogP contribution in [0, 0.1) is 0 Å². The molecule has 1 aliphatic heterocycles. The minimum absolute atomic E-state index is 0.0644. The molecule has 0 aliphatic carbocycles. The molecule has 2 rings (SSSR count). The molecule has 2 N–H and O–H groups in total. The van der Waals surface area contributed by atoms with E-state index in [0.717, 1.165) is 37.3 Å². The lowest BCUT2D eigenvalue weighted by molar-refractivity contribution is -0.147. The van der Waals surface area contributed by atoms with Gasteiger partial charge in [0, 0.05) is 13.2 Å². The van der Waals surface area contributed by atoms with E-state index in [1.54, 1.807) is 18.5 Å². The fourth-order valence-corrected chi connectivity index (χ4v) is 2.40. The molecule has 2 unspecified atom stereocenters. The van der Waals surface area contributed by atoms with Gasteiger partial charge in [0.2, 0.25) is 0 Å². The summed E-state index contributed by atoms with van der Waals surface area (Å²) in [6, 6.07) is -0.529. The van der Waals surface area contributed by atoms with E-state index in [1.165, 1.54) is 0 Å². The van der Waals surface area contributed by atoms with Gasteiger partial charge in [-0.2, -0.15) is 0 Å². The number of hydrogen-bond donors (Lipinski definition) is 1. The number of hydrogen-bond acceptors (Lipinski definition) is 6. The van der Waals surface area contributed by atoms with Gasteiger partial charge in [0.05, 0.1) is 12.3 Å². The Bertz CT molecular complexity index is 454. The van der Waals surface area contributed by atoms with E-state index in [4.69, 9.17) is 15.2 Å². The first-order valence-corrected chi connectivity index (χ1v) is 7.11. The van der Waals surface area contributed by atoms with Crippen LogP contribution >= 0.6 is 0 Å². The molecule has 0 amide bonds. The van der Waals surface area contributed by atoms with Crippen LogP contribution in [0.4, 0.5) is 0 Å². The Labute approximate surface area is 118 Å². The minimum atomic E-state index is -0.529. The zero-order valence-corrected chi connectivity index (χ0v) is 12.0.